The second kappa shape index (κ2) is 7.23. The third-order valence-electron chi connectivity index (χ3n) is 3.90. The van der Waals surface area contributed by atoms with E-state index in [0.29, 0.717) is 22.7 Å². The summed E-state index contributed by atoms with van der Waals surface area (Å²) in [5, 5.41) is 16.4. The van der Waals surface area contributed by atoms with E-state index in [0.717, 1.165) is 5.56 Å². The third kappa shape index (κ3) is 3.64. The van der Waals surface area contributed by atoms with Crippen LogP contribution in [-0.2, 0) is 9.59 Å². The second-order valence-electron chi connectivity index (χ2n) is 5.84. The Morgan fingerprint density at radius 3 is 2.42 bits per heavy atom. The number of hydrogen-bond acceptors (Lipinski definition) is 5. The van der Waals surface area contributed by atoms with E-state index in [-0.39, 0.29) is 5.91 Å². The van der Waals surface area contributed by atoms with Crippen LogP contribution >= 0.6 is 0 Å². The number of para-hydroxylation sites is 1. The quantitative estimate of drug-likeness (QED) is 0.773. The Morgan fingerprint density at radius 1 is 1.15 bits per heavy atom. The number of amides is 1. The van der Waals surface area contributed by atoms with E-state index in [1.807, 2.05) is 30.3 Å². The van der Waals surface area contributed by atoms with Crippen molar-refractivity contribution >= 4 is 29.4 Å². The molecule has 1 heterocycles. The largest absolute Gasteiger partial charge is 0.546 e. The van der Waals surface area contributed by atoms with Crippen LogP contribution in [-0.4, -0.2) is 23.7 Å². The highest BCUT2D eigenvalue weighted by molar-refractivity contribution is 6.32. The molecule has 0 saturated heterocycles. The summed E-state index contributed by atoms with van der Waals surface area (Å²) in [7, 11) is 0. The van der Waals surface area contributed by atoms with Crippen LogP contribution in [0.2, 0.25) is 0 Å². The fraction of sp³-hybridized carbons (Fsp3) is 0.150. The minimum absolute atomic E-state index is 0.195. The number of aliphatic carboxylic acids is 1. The molecule has 2 aromatic rings. The van der Waals surface area contributed by atoms with Gasteiger partial charge in [-0.25, -0.2) is 0 Å². The number of hydrogen-bond donors (Lipinski definition) is 0. The first-order valence-electron chi connectivity index (χ1n) is 8.10. The number of carboxylic acid groups (broad SMARTS) is 1. The van der Waals surface area contributed by atoms with Gasteiger partial charge in [0.2, 0.25) is 0 Å². The molecule has 6 heteroatoms. The first kappa shape index (κ1) is 17.4. The monoisotopic (exact) mass is 349 g/mol. The molecule has 0 spiro atoms. The summed E-state index contributed by atoms with van der Waals surface area (Å²) in [5.74, 6) is -1.06. The number of benzene rings is 2. The fourth-order valence-electron chi connectivity index (χ4n) is 2.49. The fourth-order valence-corrected chi connectivity index (χ4v) is 2.49. The Kier molecular flexibility index (Phi) is 4.84. The lowest BCUT2D eigenvalue weighted by molar-refractivity contribution is -0.312. The molecule has 1 amide bonds. The van der Waals surface area contributed by atoms with Gasteiger partial charge >= 0.3 is 0 Å². The summed E-state index contributed by atoms with van der Waals surface area (Å²) in [6.45, 7) is 3.19. The van der Waals surface area contributed by atoms with E-state index in [9.17, 15) is 14.7 Å². The van der Waals surface area contributed by atoms with Crippen LogP contribution in [0.5, 0.6) is 5.75 Å². The van der Waals surface area contributed by atoms with E-state index in [1.54, 1.807) is 37.3 Å². The predicted octanol–water partition coefficient (Wildman–Crippen LogP) is 2.01. The summed E-state index contributed by atoms with van der Waals surface area (Å²) in [5.41, 5.74) is 2.63. The molecule has 1 atom stereocenters. The minimum atomic E-state index is -1.28. The van der Waals surface area contributed by atoms with Gasteiger partial charge in [-0.2, -0.15) is 10.1 Å². The predicted molar refractivity (Wildman–Crippen MR) is 96.6 cm³/mol. The molecule has 0 aliphatic carbocycles. The van der Waals surface area contributed by atoms with Crippen molar-refractivity contribution in [2.24, 2.45) is 5.10 Å². The zero-order valence-electron chi connectivity index (χ0n) is 14.4. The van der Waals surface area contributed by atoms with Gasteiger partial charge in [0.1, 0.15) is 11.9 Å². The van der Waals surface area contributed by atoms with Crippen molar-refractivity contribution < 1.29 is 19.4 Å². The summed E-state index contributed by atoms with van der Waals surface area (Å²) in [6.07, 6.45) is 0.709. The standard InChI is InChI=1S/C20H18N2O4/c1-13-18(19(23)22(21-13)16-6-4-3-5-7-16)12-15-8-10-17(11-9-15)26-14(2)20(24)25/h3-12,14H,1-2H3,(H,24,25)/p-1/b18-12-/t14-/m0/s1. The van der Waals surface area contributed by atoms with Gasteiger partial charge in [0.15, 0.2) is 0 Å². The molecule has 0 bridgehead atoms. The number of carbonyl (C=O) groups excluding carboxylic acids is 2. The van der Waals surface area contributed by atoms with Gasteiger partial charge in [0.05, 0.1) is 22.9 Å². The summed E-state index contributed by atoms with van der Waals surface area (Å²) in [4.78, 5) is 23.4. The summed E-state index contributed by atoms with van der Waals surface area (Å²) < 4.78 is 5.24. The van der Waals surface area contributed by atoms with Gasteiger partial charge in [-0.3, -0.25) is 4.79 Å². The second-order valence-corrected chi connectivity index (χ2v) is 5.84. The zero-order valence-corrected chi connectivity index (χ0v) is 14.4. The lowest BCUT2D eigenvalue weighted by atomic mass is 10.1. The summed E-state index contributed by atoms with van der Waals surface area (Å²) in [6, 6.07) is 16.0. The molecule has 26 heavy (non-hydrogen) atoms. The van der Waals surface area contributed by atoms with Crippen LogP contribution in [0.25, 0.3) is 6.08 Å². The number of ether oxygens (including phenoxy) is 1. The number of nitrogens with zero attached hydrogens (tertiary/aromatic N) is 2. The van der Waals surface area contributed by atoms with Crippen LogP contribution in [0.15, 0.2) is 65.3 Å². The maximum atomic E-state index is 12.7. The number of carboxylic acids is 1. The average molecular weight is 349 g/mol. The lowest BCUT2D eigenvalue weighted by Crippen LogP contribution is -2.37. The van der Waals surface area contributed by atoms with Gasteiger partial charge in [-0.15, -0.1) is 0 Å². The van der Waals surface area contributed by atoms with Crippen LogP contribution in [0.4, 0.5) is 5.69 Å². The number of carbonyl (C=O) groups is 2. The first-order valence-corrected chi connectivity index (χ1v) is 8.10. The molecule has 2 aromatic carbocycles. The van der Waals surface area contributed by atoms with Crippen LogP contribution in [0, 0.1) is 0 Å². The first-order chi connectivity index (χ1) is 12.5. The maximum Gasteiger partial charge on any atom is 0.280 e. The van der Waals surface area contributed by atoms with Crippen molar-refractivity contribution in [2.45, 2.75) is 20.0 Å². The highest BCUT2D eigenvalue weighted by Crippen LogP contribution is 2.25. The van der Waals surface area contributed by atoms with Gasteiger partial charge in [0, 0.05) is 0 Å². The molecule has 0 saturated carbocycles. The maximum absolute atomic E-state index is 12.7. The molecular weight excluding hydrogens is 332 g/mol. The molecule has 0 N–H and O–H groups in total. The molecule has 1 aliphatic heterocycles. The number of anilines is 1. The topological polar surface area (TPSA) is 82.0 Å². The number of rotatable bonds is 5. The normalized spacial score (nSPS) is 16.5. The Balaban J connectivity index is 1.79. The van der Waals surface area contributed by atoms with Crippen LogP contribution in [0.3, 0.4) is 0 Å². The highest BCUT2D eigenvalue weighted by Gasteiger charge is 2.28. The lowest BCUT2D eigenvalue weighted by Gasteiger charge is -2.15. The molecule has 0 unspecified atom stereocenters. The van der Waals surface area contributed by atoms with Crippen LogP contribution < -0.4 is 14.9 Å². The van der Waals surface area contributed by atoms with Crippen molar-refractivity contribution in [3.05, 3.63) is 65.7 Å². The van der Waals surface area contributed by atoms with Gasteiger partial charge < -0.3 is 14.6 Å². The molecule has 0 radical (unpaired) electrons. The van der Waals surface area contributed by atoms with Gasteiger partial charge in [0.25, 0.3) is 5.91 Å². The van der Waals surface area contributed by atoms with Crippen molar-refractivity contribution in [3.63, 3.8) is 0 Å². The van der Waals surface area contributed by atoms with E-state index < -0.39 is 12.1 Å². The molecule has 0 fully saturated rings. The van der Waals surface area contributed by atoms with E-state index in [1.165, 1.54) is 11.9 Å². The van der Waals surface area contributed by atoms with E-state index in [4.69, 9.17) is 4.74 Å². The number of hydrazone groups is 1. The Morgan fingerprint density at radius 2 is 1.81 bits per heavy atom. The van der Waals surface area contributed by atoms with Gasteiger partial charge in [-0.05, 0) is 49.8 Å². The van der Waals surface area contributed by atoms with Crippen LogP contribution in [0.1, 0.15) is 19.4 Å². The van der Waals surface area contributed by atoms with Crippen molar-refractivity contribution in [1.29, 1.82) is 0 Å². The molecule has 132 valence electrons. The van der Waals surface area contributed by atoms with Gasteiger partial charge in [-0.1, -0.05) is 30.3 Å². The average Bonchev–Trinajstić information content (AvgIpc) is 2.92. The van der Waals surface area contributed by atoms with Crippen molar-refractivity contribution in [1.82, 2.24) is 0 Å². The third-order valence-corrected chi connectivity index (χ3v) is 3.90. The highest BCUT2D eigenvalue weighted by atomic mass is 16.5. The zero-order chi connectivity index (χ0) is 18.7. The summed E-state index contributed by atoms with van der Waals surface area (Å²) >= 11 is 0. The SMILES string of the molecule is CC1=NN(c2ccccc2)C(=O)/C1=C\c1ccc(O[C@@H](C)C(=O)[O-])cc1. The Labute approximate surface area is 151 Å². The Bertz CT molecular complexity index is 886. The molecule has 0 aromatic heterocycles. The Hall–Kier alpha value is -3.41. The smallest absolute Gasteiger partial charge is 0.280 e. The van der Waals surface area contributed by atoms with E-state index >= 15 is 0 Å². The van der Waals surface area contributed by atoms with E-state index in [2.05, 4.69) is 5.10 Å². The minimum Gasteiger partial charge on any atom is -0.546 e. The molecule has 6 nitrogen and oxygen atoms in total. The molecule has 1 aliphatic rings. The molecular formula is C20H17N2O4-. The van der Waals surface area contributed by atoms with Crippen molar-refractivity contribution in [2.75, 3.05) is 5.01 Å². The molecule has 3 rings (SSSR count). The van der Waals surface area contributed by atoms with Crippen molar-refractivity contribution in [3.8, 4) is 5.75 Å².